The molecule has 2 amide bonds. The summed E-state index contributed by atoms with van der Waals surface area (Å²) in [4.78, 5) is 36.9. The quantitative estimate of drug-likeness (QED) is 0.240. The van der Waals surface area contributed by atoms with Crippen LogP contribution in [0.2, 0.25) is 5.02 Å². The second kappa shape index (κ2) is 10.5. The first-order valence-corrected chi connectivity index (χ1v) is 12.7. The van der Waals surface area contributed by atoms with Crippen LogP contribution in [0, 0.1) is 6.92 Å². The van der Waals surface area contributed by atoms with Crippen molar-refractivity contribution in [1.29, 1.82) is 0 Å². The third-order valence-electron chi connectivity index (χ3n) is 5.66. The molecule has 0 atom stereocenters. The van der Waals surface area contributed by atoms with Crippen LogP contribution in [0.15, 0.2) is 64.6 Å². The molecule has 1 fully saturated rings. The topological polar surface area (TPSA) is 142 Å². The van der Waals surface area contributed by atoms with E-state index in [1.165, 1.54) is 11.8 Å². The Morgan fingerprint density at radius 3 is 2.49 bits per heavy atom. The average Bonchev–Trinajstić information content (AvgIpc) is 3.25. The maximum Gasteiger partial charge on any atom is 0.269 e. The molecule has 0 saturated carbocycles. The largest absolute Gasteiger partial charge is 0.366 e. The number of aromatic nitrogens is 4. The fraction of sp³-hybridized carbons (Fsp3) is 0.160. The van der Waals surface area contributed by atoms with E-state index in [4.69, 9.17) is 22.3 Å². The number of hydrogen-bond acceptors (Lipinski definition) is 8. The normalized spacial score (nSPS) is 12.6. The zero-order valence-corrected chi connectivity index (χ0v) is 21.4. The molecule has 188 valence electrons. The number of carbonyl (C=O) groups excluding carboxylic acids is 2. The molecule has 5 N–H and O–H groups in total. The fourth-order valence-electron chi connectivity index (χ4n) is 3.74. The van der Waals surface area contributed by atoms with E-state index in [0.29, 0.717) is 38.8 Å². The Kier molecular flexibility index (Phi) is 6.97. The number of aromatic amines is 1. The van der Waals surface area contributed by atoms with Crippen LogP contribution in [0.1, 0.15) is 33.0 Å². The summed E-state index contributed by atoms with van der Waals surface area (Å²) in [6.07, 6.45) is 1.01. The first-order valence-electron chi connectivity index (χ1n) is 11.5. The van der Waals surface area contributed by atoms with E-state index < -0.39 is 5.91 Å². The van der Waals surface area contributed by atoms with Gasteiger partial charge in [0.05, 0.1) is 10.6 Å². The SMILES string of the molecule is Cc1cc(Nc2nc(Sc3ccc(NC(=O)c4ccccc4Cl)cc3)nc(C(N)=O)c2N2CCC2)n[nH]1. The number of hydrogen-bond donors (Lipinski definition) is 4. The molecule has 0 aliphatic carbocycles. The number of aryl methyl sites for hydroxylation is 1. The second-order valence-electron chi connectivity index (χ2n) is 8.38. The monoisotopic (exact) mass is 534 g/mol. The minimum atomic E-state index is -0.634. The van der Waals surface area contributed by atoms with Crippen molar-refractivity contribution >= 4 is 58.2 Å². The van der Waals surface area contributed by atoms with Crippen molar-refractivity contribution in [3.63, 3.8) is 0 Å². The molecule has 1 aliphatic rings. The average molecular weight is 535 g/mol. The van der Waals surface area contributed by atoms with Gasteiger partial charge in [0.25, 0.3) is 11.8 Å². The van der Waals surface area contributed by atoms with Gasteiger partial charge in [0.15, 0.2) is 22.5 Å². The van der Waals surface area contributed by atoms with E-state index in [2.05, 4.69) is 25.8 Å². The van der Waals surface area contributed by atoms with Gasteiger partial charge < -0.3 is 21.3 Å². The summed E-state index contributed by atoms with van der Waals surface area (Å²) in [6, 6.07) is 15.9. The van der Waals surface area contributed by atoms with Crippen molar-refractivity contribution in [1.82, 2.24) is 20.2 Å². The van der Waals surface area contributed by atoms with Crippen molar-refractivity contribution in [3.8, 4) is 0 Å². The van der Waals surface area contributed by atoms with Gasteiger partial charge >= 0.3 is 0 Å². The molecule has 4 aromatic rings. The molecule has 1 saturated heterocycles. The highest BCUT2D eigenvalue weighted by atomic mass is 35.5. The Labute approximate surface area is 222 Å². The van der Waals surface area contributed by atoms with Gasteiger partial charge in [-0.2, -0.15) is 5.10 Å². The third kappa shape index (κ3) is 5.52. The molecule has 2 aromatic heterocycles. The first-order chi connectivity index (χ1) is 17.9. The molecular weight excluding hydrogens is 512 g/mol. The van der Waals surface area contributed by atoms with Crippen LogP contribution in [0.25, 0.3) is 0 Å². The number of rotatable bonds is 8. The molecule has 0 radical (unpaired) electrons. The van der Waals surface area contributed by atoms with Gasteiger partial charge in [0.1, 0.15) is 5.69 Å². The molecule has 0 bridgehead atoms. The van der Waals surface area contributed by atoms with Gasteiger partial charge in [0, 0.05) is 35.4 Å². The van der Waals surface area contributed by atoms with Gasteiger partial charge in [-0.1, -0.05) is 23.7 Å². The Morgan fingerprint density at radius 1 is 1.11 bits per heavy atom. The minimum Gasteiger partial charge on any atom is -0.366 e. The van der Waals surface area contributed by atoms with Crippen LogP contribution < -0.4 is 21.3 Å². The number of primary amides is 1. The lowest BCUT2D eigenvalue weighted by atomic mass is 10.1. The van der Waals surface area contributed by atoms with Crippen molar-refractivity contribution < 1.29 is 9.59 Å². The number of H-pyrrole nitrogens is 1. The number of carbonyl (C=O) groups is 2. The van der Waals surface area contributed by atoms with Gasteiger partial charge in [-0.05, 0) is 61.5 Å². The number of halogens is 1. The highest BCUT2D eigenvalue weighted by molar-refractivity contribution is 7.99. The zero-order chi connectivity index (χ0) is 25.9. The predicted molar refractivity (Wildman–Crippen MR) is 144 cm³/mol. The molecular formula is C25H23ClN8O2S. The van der Waals surface area contributed by atoms with Gasteiger partial charge in [-0.15, -0.1) is 0 Å². The summed E-state index contributed by atoms with van der Waals surface area (Å²) in [5, 5.41) is 13.9. The fourth-order valence-corrected chi connectivity index (χ4v) is 4.72. The Balaban J connectivity index is 1.39. The Morgan fingerprint density at radius 2 is 1.86 bits per heavy atom. The van der Waals surface area contributed by atoms with Crippen molar-refractivity contribution in [2.45, 2.75) is 23.4 Å². The summed E-state index contributed by atoms with van der Waals surface area (Å²) < 4.78 is 0. The zero-order valence-electron chi connectivity index (χ0n) is 19.8. The van der Waals surface area contributed by atoms with Gasteiger partial charge in [0.2, 0.25) is 0 Å². The van der Waals surface area contributed by atoms with Crippen LogP contribution in [-0.4, -0.2) is 45.1 Å². The van der Waals surface area contributed by atoms with Crippen molar-refractivity contribution in [3.05, 3.63) is 76.6 Å². The van der Waals surface area contributed by atoms with Crippen molar-refractivity contribution in [2.24, 2.45) is 5.73 Å². The molecule has 5 rings (SSSR count). The number of benzene rings is 2. The third-order valence-corrected chi connectivity index (χ3v) is 6.86. The summed E-state index contributed by atoms with van der Waals surface area (Å²) in [7, 11) is 0. The Hall–Kier alpha value is -4.09. The van der Waals surface area contributed by atoms with E-state index in [1.54, 1.807) is 36.4 Å². The first kappa shape index (κ1) is 24.6. The molecule has 0 unspecified atom stereocenters. The molecule has 37 heavy (non-hydrogen) atoms. The van der Waals surface area contributed by atoms with Crippen molar-refractivity contribution in [2.75, 3.05) is 28.6 Å². The molecule has 12 heteroatoms. The number of nitrogens with one attached hydrogen (secondary N) is 3. The number of anilines is 4. The van der Waals surface area contributed by atoms with Crippen LogP contribution in [0.4, 0.5) is 23.0 Å². The molecule has 0 spiro atoms. The maximum atomic E-state index is 12.5. The predicted octanol–water partition coefficient (Wildman–Crippen LogP) is 4.62. The van der Waals surface area contributed by atoms with E-state index in [0.717, 1.165) is 30.1 Å². The molecule has 3 heterocycles. The smallest absolute Gasteiger partial charge is 0.269 e. The number of nitrogens with two attached hydrogens (primary N) is 1. The standard InChI is InChI=1S/C25H23ClN8O2S/c1-14-13-19(33-32-14)29-23-21(34-11-4-12-34)20(22(27)35)30-25(31-23)37-16-9-7-15(8-10-16)28-24(36)17-5-2-3-6-18(17)26/h2-3,5-10,13H,4,11-12H2,1H3,(H2,27,35)(H,28,36)(H2,29,30,31,32,33). The van der Waals surface area contributed by atoms with E-state index in [-0.39, 0.29) is 11.6 Å². The number of nitrogens with zero attached hydrogens (tertiary/aromatic N) is 4. The lowest BCUT2D eigenvalue weighted by molar-refractivity contribution is 0.0993. The highest BCUT2D eigenvalue weighted by Crippen LogP contribution is 2.36. The summed E-state index contributed by atoms with van der Waals surface area (Å²) in [5.41, 5.74) is 8.32. The maximum absolute atomic E-state index is 12.5. The van der Waals surface area contributed by atoms with Gasteiger partial charge in [-0.25, -0.2) is 9.97 Å². The number of amides is 2. The molecule has 1 aliphatic heterocycles. The lowest BCUT2D eigenvalue weighted by Gasteiger charge is -2.34. The van der Waals surface area contributed by atoms with E-state index in [1.807, 2.05) is 30.0 Å². The Bertz CT molecular complexity index is 1470. The van der Waals surface area contributed by atoms with Crippen LogP contribution in [0.3, 0.4) is 0 Å². The van der Waals surface area contributed by atoms with E-state index in [9.17, 15) is 9.59 Å². The second-order valence-corrected chi connectivity index (χ2v) is 9.83. The van der Waals surface area contributed by atoms with Crippen LogP contribution in [0.5, 0.6) is 0 Å². The van der Waals surface area contributed by atoms with Gasteiger partial charge in [-0.3, -0.25) is 14.7 Å². The summed E-state index contributed by atoms with van der Waals surface area (Å²) in [5.74, 6) is 0.0976. The van der Waals surface area contributed by atoms with Crippen LogP contribution >= 0.6 is 23.4 Å². The summed E-state index contributed by atoms with van der Waals surface area (Å²) >= 11 is 7.39. The van der Waals surface area contributed by atoms with E-state index >= 15 is 0 Å². The highest BCUT2D eigenvalue weighted by Gasteiger charge is 2.27. The molecule has 2 aromatic carbocycles. The van der Waals surface area contributed by atoms with Crippen LogP contribution in [-0.2, 0) is 0 Å². The lowest BCUT2D eigenvalue weighted by Crippen LogP contribution is -2.39. The summed E-state index contributed by atoms with van der Waals surface area (Å²) in [6.45, 7) is 3.46. The minimum absolute atomic E-state index is 0.149. The molecule has 10 nitrogen and oxygen atoms in total.